The third kappa shape index (κ3) is 3.62. The van der Waals surface area contributed by atoms with Crippen molar-refractivity contribution in [3.05, 3.63) is 71.3 Å². The Labute approximate surface area is 188 Å². The number of aromatic amines is 1. The molecule has 33 heavy (non-hydrogen) atoms. The van der Waals surface area contributed by atoms with Crippen LogP contribution in [0, 0.1) is 11.6 Å². The number of hydrogen-bond donors (Lipinski definition) is 2. The van der Waals surface area contributed by atoms with Crippen molar-refractivity contribution < 1.29 is 18.4 Å². The summed E-state index contributed by atoms with van der Waals surface area (Å²) in [7, 11) is 2.02. The van der Waals surface area contributed by atoms with E-state index in [9.17, 15) is 18.4 Å². The van der Waals surface area contributed by atoms with Crippen LogP contribution in [0.5, 0.6) is 0 Å². The van der Waals surface area contributed by atoms with Crippen molar-refractivity contribution in [1.82, 2.24) is 14.8 Å². The average Bonchev–Trinajstić information content (AvgIpc) is 3.18. The number of H-pyrrole nitrogens is 1. The Balaban J connectivity index is 1.69. The molecular formula is C25H22F2N4O2. The number of fused-ring (bicyclic) bond motifs is 3. The predicted octanol–water partition coefficient (Wildman–Crippen LogP) is 3.75. The Morgan fingerprint density at radius 3 is 2.42 bits per heavy atom. The van der Waals surface area contributed by atoms with E-state index in [-0.39, 0.29) is 17.0 Å². The van der Waals surface area contributed by atoms with E-state index in [0.717, 1.165) is 31.3 Å². The van der Waals surface area contributed by atoms with Crippen LogP contribution < -0.4 is 5.73 Å². The van der Waals surface area contributed by atoms with Crippen molar-refractivity contribution in [3.63, 3.8) is 0 Å². The minimum Gasteiger partial charge on any atom is -0.366 e. The molecule has 1 aliphatic heterocycles. The number of aromatic nitrogens is 1. The molecule has 1 saturated heterocycles. The van der Waals surface area contributed by atoms with Crippen LogP contribution in [0.1, 0.15) is 20.7 Å². The molecule has 0 atom stereocenters. The number of benzene rings is 3. The lowest BCUT2D eigenvalue weighted by atomic mass is 9.96. The zero-order valence-electron chi connectivity index (χ0n) is 18.0. The van der Waals surface area contributed by atoms with Crippen LogP contribution in [-0.4, -0.2) is 59.8 Å². The second-order valence-corrected chi connectivity index (χ2v) is 8.38. The molecule has 0 bridgehead atoms. The molecule has 0 radical (unpaired) electrons. The summed E-state index contributed by atoms with van der Waals surface area (Å²) in [5.74, 6) is -1.87. The van der Waals surface area contributed by atoms with Crippen LogP contribution >= 0.6 is 0 Å². The molecule has 1 aromatic heterocycles. The molecule has 0 spiro atoms. The minimum atomic E-state index is -0.647. The molecule has 4 aromatic rings. The quantitative estimate of drug-likeness (QED) is 0.501. The number of likely N-dealkylation sites (N-methyl/N-ethyl adjacent to an activating group) is 1. The fourth-order valence-corrected chi connectivity index (χ4v) is 4.47. The number of piperazine rings is 1. The van der Waals surface area contributed by atoms with Crippen LogP contribution in [0.2, 0.25) is 0 Å². The molecule has 1 fully saturated rings. The zero-order valence-corrected chi connectivity index (χ0v) is 18.0. The van der Waals surface area contributed by atoms with Gasteiger partial charge in [0, 0.05) is 53.6 Å². The molecule has 168 valence electrons. The summed E-state index contributed by atoms with van der Waals surface area (Å²) in [4.78, 5) is 32.3. The van der Waals surface area contributed by atoms with E-state index in [4.69, 9.17) is 5.73 Å². The van der Waals surface area contributed by atoms with Gasteiger partial charge < -0.3 is 20.5 Å². The minimum absolute atomic E-state index is 0.0739. The summed E-state index contributed by atoms with van der Waals surface area (Å²) in [5, 5.41) is 1.23. The maximum absolute atomic E-state index is 14.6. The van der Waals surface area contributed by atoms with Crippen LogP contribution in [-0.2, 0) is 0 Å². The fraction of sp³-hybridized carbons (Fsp3) is 0.200. The topological polar surface area (TPSA) is 82.4 Å². The molecule has 2 heterocycles. The van der Waals surface area contributed by atoms with Gasteiger partial charge in [-0.3, -0.25) is 9.59 Å². The number of nitrogens with two attached hydrogens (primary N) is 1. The number of hydrogen-bond acceptors (Lipinski definition) is 3. The van der Waals surface area contributed by atoms with Crippen molar-refractivity contribution in [2.45, 2.75) is 0 Å². The molecule has 0 aliphatic carbocycles. The number of rotatable bonds is 3. The monoisotopic (exact) mass is 448 g/mol. The normalized spacial score (nSPS) is 14.8. The van der Waals surface area contributed by atoms with Gasteiger partial charge in [0.25, 0.3) is 11.8 Å². The van der Waals surface area contributed by atoms with Crippen molar-refractivity contribution in [2.24, 2.45) is 5.73 Å². The van der Waals surface area contributed by atoms with Gasteiger partial charge in [-0.15, -0.1) is 0 Å². The maximum atomic E-state index is 14.6. The number of carbonyl (C=O) groups excluding carboxylic acids is 2. The Morgan fingerprint density at radius 1 is 0.939 bits per heavy atom. The molecule has 0 unspecified atom stereocenters. The summed E-state index contributed by atoms with van der Waals surface area (Å²) < 4.78 is 28.6. The maximum Gasteiger partial charge on any atom is 0.254 e. The fourth-order valence-electron chi connectivity index (χ4n) is 4.47. The second-order valence-electron chi connectivity index (χ2n) is 8.38. The second kappa shape index (κ2) is 7.97. The van der Waals surface area contributed by atoms with Gasteiger partial charge in [0.15, 0.2) is 0 Å². The number of halogens is 2. The Kier molecular flexibility index (Phi) is 5.09. The Hall–Kier alpha value is -3.78. The lowest BCUT2D eigenvalue weighted by molar-refractivity contribution is 0.0664. The van der Waals surface area contributed by atoms with Gasteiger partial charge >= 0.3 is 0 Å². The number of nitrogens with zero attached hydrogens (tertiary/aromatic N) is 2. The van der Waals surface area contributed by atoms with Crippen molar-refractivity contribution in [2.75, 3.05) is 33.2 Å². The van der Waals surface area contributed by atoms with E-state index in [0.29, 0.717) is 46.0 Å². The van der Waals surface area contributed by atoms with E-state index in [2.05, 4.69) is 9.88 Å². The third-order valence-electron chi connectivity index (χ3n) is 6.28. The van der Waals surface area contributed by atoms with E-state index in [1.807, 2.05) is 11.9 Å². The molecule has 1 aliphatic rings. The first-order valence-electron chi connectivity index (χ1n) is 10.6. The highest BCUT2D eigenvalue weighted by atomic mass is 19.1. The SMILES string of the molecule is CN1CCN(C(=O)c2ccc3c(c2)[nH]c2c(C(N)=O)ccc(-c4cc(F)ccc4F)c23)CC1. The Bertz CT molecular complexity index is 1420. The number of carbonyl (C=O) groups is 2. The highest BCUT2D eigenvalue weighted by Gasteiger charge is 2.23. The summed E-state index contributed by atoms with van der Waals surface area (Å²) in [6.45, 7) is 2.92. The zero-order chi connectivity index (χ0) is 23.3. The molecule has 2 amide bonds. The van der Waals surface area contributed by atoms with Crippen LogP contribution in [0.25, 0.3) is 32.9 Å². The van der Waals surface area contributed by atoms with Crippen molar-refractivity contribution in [1.29, 1.82) is 0 Å². The van der Waals surface area contributed by atoms with Crippen LogP contribution in [0.3, 0.4) is 0 Å². The van der Waals surface area contributed by atoms with Crippen molar-refractivity contribution in [3.8, 4) is 11.1 Å². The van der Waals surface area contributed by atoms with Gasteiger partial charge in [-0.05, 0) is 49.0 Å². The third-order valence-corrected chi connectivity index (χ3v) is 6.28. The summed E-state index contributed by atoms with van der Waals surface area (Å²) in [5.41, 5.74) is 7.85. The first-order chi connectivity index (χ1) is 15.8. The molecule has 5 rings (SSSR count). The van der Waals surface area contributed by atoms with Gasteiger partial charge in [-0.2, -0.15) is 0 Å². The van der Waals surface area contributed by atoms with Gasteiger partial charge in [0.05, 0.1) is 11.1 Å². The average molecular weight is 448 g/mol. The van der Waals surface area contributed by atoms with Crippen LogP contribution in [0.15, 0.2) is 48.5 Å². The lowest BCUT2D eigenvalue weighted by Crippen LogP contribution is -2.47. The molecule has 6 nitrogen and oxygen atoms in total. The van der Waals surface area contributed by atoms with E-state index < -0.39 is 17.5 Å². The van der Waals surface area contributed by atoms with Crippen LogP contribution in [0.4, 0.5) is 8.78 Å². The largest absolute Gasteiger partial charge is 0.366 e. The number of amides is 2. The molecule has 8 heteroatoms. The smallest absolute Gasteiger partial charge is 0.254 e. The van der Waals surface area contributed by atoms with Gasteiger partial charge in [0.2, 0.25) is 0 Å². The summed E-state index contributed by atoms with van der Waals surface area (Å²) >= 11 is 0. The highest BCUT2D eigenvalue weighted by molar-refractivity contribution is 6.20. The van der Waals surface area contributed by atoms with E-state index >= 15 is 0 Å². The highest BCUT2D eigenvalue weighted by Crippen LogP contribution is 2.38. The summed E-state index contributed by atoms with van der Waals surface area (Å²) in [6, 6.07) is 11.5. The molecule has 0 saturated carbocycles. The van der Waals surface area contributed by atoms with E-state index in [1.165, 1.54) is 6.07 Å². The molecular weight excluding hydrogens is 426 g/mol. The van der Waals surface area contributed by atoms with Gasteiger partial charge in [-0.1, -0.05) is 12.1 Å². The molecule has 3 aromatic carbocycles. The predicted molar refractivity (Wildman–Crippen MR) is 123 cm³/mol. The van der Waals surface area contributed by atoms with Crippen molar-refractivity contribution >= 4 is 33.6 Å². The standard InChI is InChI=1S/C25H22F2N4O2/c1-30-8-10-31(11-9-30)25(33)14-2-4-17-21(12-14)29-23-18(24(28)32)6-5-16(22(17)23)19-13-15(26)3-7-20(19)27/h2-7,12-13,29H,8-11H2,1H3,(H2,28,32). The van der Waals surface area contributed by atoms with Gasteiger partial charge in [0.1, 0.15) is 11.6 Å². The molecule has 3 N–H and O–H groups in total. The summed E-state index contributed by atoms with van der Waals surface area (Å²) in [6.07, 6.45) is 0. The number of nitrogens with one attached hydrogen (secondary N) is 1. The first-order valence-corrected chi connectivity index (χ1v) is 10.6. The Morgan fingerprint density at radius 2 is 1.70 bits per heavy atom. The number of primary amides is 1. The van der Waals surface area contributed by atoms with E-state index in [1.54, 1.807) is 24.3 Å². The lowest BCUT2D eigenvalue weighted by Gasteiger charge is -2.32. The first kappa shape index (κ1) is 21.1. The van der Waals surface area contributed by atoms with Gasteiger partial charge in [-0.25, -0.2) is 8.78 Å².